The van der Waals surface area contributed by atoms with Crippen LogP contribution in [0.4, 0.5) is 5.69 Å². The number of nitrogens with one attached hydrogen (secondary N) is 2. The fraction of sp³-hybridized carbons (Fsp3) is 0.179. The predicted molar refractivity (Wildman–Crippen MR) is 142 cm³/mol. The van der Waals surface area contributed by atoms with Crippen LogP contribution in [0.15, 0.2) is 97.5 Å². The maximum absolute atomic E-state index is 12.7. The summed E-state index contributed by atoms with van der Waals surface area (Å²) in [5.41, 5.74) is 5.06. The van der Waals surface area contributed by atoms with Crippen LogP contribution in [0.1, 0.15) is 35.3 Å². The normalized spacial score (nSPS) is 17.3. The van der Waals surface area contributed by atoms with E-state index < -0.39 is 0 Å². The summed E-state index contributed by atoms with van der Waals surface area (Å²) in [7, 11) is 0. The molecule has 0 radical (unpaired) electrons. The minimum absolute atomic E-state index is 0.0430. The number of rotatable bonds is 7. The zero-order valence-corrected chi connectivity index (χ0v) is 20.3. The van der Waals surface area contributed by atoms with Gasteiger partial charge < -0.3 is 20.1 Å². The molecule has 2 atom stereocenters. The molecule has 5 rings (SSSR count). The lowest BCUT2D eigenvalue weighted by Gasteiger charge is -2.27. The number of anilines is 1. The Morgan fingerprint density at radius 3 is 2.54 bits per heavy atom. The second-order valence-electron chi connectivity index (χ2n) is 8.67. The standard InChI is InChI=1S/C28H27N5OS/c1-20-10-12-22(13-11-20)30-25(34)15-18-33-27(26(31-28(33)35)24-9-5-6-16-29-24)21-14-17-32(19-21)23-7-3-2-4-8-23/h2-14,16-17,19,26-27H,15,18H2,1H3,(H,30,34)(H,31,35)/t26-,27+/m1/s1. The van der Waals surface area contributed by atoms with Gasteiger partial charge in [0.1, 0.15) is 0 Å². The Labute approximate surface area is 210 Å². The number of nitrogens with zero attached hydrogens (tertiary/aromatic N) is 3. The van der Waals surface area contributed by atoms with Gasteiger partial charge in [0.25, 0.3) is 0 Å². The van der Waals surface area contributed by atoms with Crippen molar-refractivity contribution in [2.24, 2.45) is 0 Å². The fourth-order valence-corrected chi connectivity index (χ4v) is 4.77. The van der Waals surface area contributed by atoms with E-state index in [9.17, 15) is 4.79 Å². The largest absolute Gasteiger partial charge is 0.352 e. The zero-order valence-electron chi connectivity index (χ0n) is 19.5. The van der Waals surface area contributed by atoms with Crippen molar-refractivity contribution in [3.63, 3.8) is 0 Å². The van der Waals surface area contributed by atoms with Gasteiger partial charge in [-0.3, -0.25) is 9.78 Å². The Morgan fingerprint density at radius 2 is 1.80 bits per heavy atom. The van der Waals surface area contributed by atoms with E-state index in [1.165, 1.54) is 0 Å². The summed E-state index contributed by atoms with van der Waals surface area (Å²) < 4.78 is 2.11. The van der Waals surface area contributed by atoms with E-state index in [2.05, 4.69) is 55.7 Å². The van der Waals surface area contributed by atoms with E-state index in [4.69, 9.17) is 12.2 Å². The first-order chi connectivity index (χ1) is 17.1. The van der Waals surface area contributed by atoms with Gasteiger partial charge in [-0.05, 0) is 67.2 Å². The molecule has 1 aliphatic heterocycles. The van der Waals surface area contributed by atoms with Crippen LogP contribution in [-0.2, 0) is 4.79 Å². The molecule has 1 amide bonds. The number of carbonyl (C=O) groups excluding carboxylic acids is 1. The van der Waals surface area contributed by atoms with Crippen LogP contribution in [0, 0.1) is 6.92 Å². The summed E-state index contributed by atoms with van der Waals surface area (Å²) in [4.78, 5) is 19.4. The van der Waals surface area contributed by atoms with Crippen molar-refractivity contribution in [3.05, 3.63) is 114 Å². The van der Waals surface area contributed by atoms with Crippen molar-refractivity contribution in [1.29, 1.82) is 0 Å². The Hall–Kier alpha value is -3.97. The molecule has 1 aliphatic rings. The zero-order chi connectivity index (χ0) is 24.2. The first kappa shape index (κ1) is 22.8. The summed E-state index contributed by atoms with van der Waals surface area (Å²) in [6.45, 7) is 2.52. The van der Waals surface area contributed by atoms with Gasteiger partial charge >= 0.3 is 0 Å². The molecular formula is C28H27N5OS. The minimum Gasteiger partial charge on any atom is -0.352 e. The monoisotopic (exact) mass is 481 g/mol. The van der Waals surface area contributed by atoms with Crippen molar-refractivity contribution in [3.8, 4) is 5.69 Å². The second kappa shape index (κ2) is 10.1. The van der Waals surface area contributed by atoms with E-state index >= 15 is 0 Å². The quantitative estimate of drug-likeness (QED) is 0.356. The van der Waals surface area contributed by atoms with Crippen molar-refractivity contribution >= 4 is 28.9 Å². The first-order valence-electron chi connectivity index (χ1n) is 11.7. The Morgan fingerprint density at radius 1 is 1.03 bits per heavy atom. The Kier molecular flexibility index (Phi) is 6.59. The molecule has 2 N–H and O–H groups in total. The van der Waals surface area contributed by atoms with Gasteiger partial charge in [-0.25, -0.2) is 0 Å². The molecule has 2 aromatic carbocycles. The molecule has 1 fully saturated rings. The van der Waals surface area contributed by atoms with Crippen LogP contribution in [0.2, 0.25) is 0 Å². The number of carbonyl (C=O) groups is 1. The second-order valence-corrected chi connectivity index (χ2v) is 9.06. The molecule has 4 aromatic rings. The SMILES string of the molecule is Cc1ccc(NC(=O)CCN2C(=S)N[C@H](c3ccccn3)[C@@H]2c2ccn(-c3ccccc3)c2)cc1. The Bertz CT molecular complexity index is 1300. The lowest BCUT2D eigenvalue weighted by Crippen LogP contribution is -2.32. The Balaban J connectivity index is 1.38. The smallest absolute Gasteiger partial charge is 0.226 e. The lowest BCUT2D eigenvalue weighted by atomic mass is 9.99. The van der Waals surface area contributed by atoms with Gasteiger partial charge in [0.15, 0.2) is 5.11 Å². The summed E-state index contributed by atoms with van der Waals surface area (Å²) >= 11 is 5.74. The van der Waals surface area contributed by atoms with E-state index in [0.717, 1.165) is 28.2 Å². The average molecular weight is 482 g/mol. The van der Waals surface area contributed by atoms with Crippen LogP contribution in [0.3, 0.4) is 0 Å². The predicted octanol–water partition coefficient (Wildman–Crippen LogP) is 5.18. The third kappa shape index (κ3) is 5.10. The number of thiocarbonyl (C=S) groups is 1. The van der Waals surface area contributed by atoms with Gasteiger partial charge in [-0.2, -0.15) is 0 Å². The highest BCUT2D eigenvalue weighted by atomic mass is 32.1. The van der Waals surface area contributed by atoms with Gasteiger partial charge in [0, 0.05) is 42.9 Å². The summed E-state index contributed by atoms with van der Waals surface area (Å²) in [5, 5.41) is 7.06. The average Bonchev–Trinajstić information content (AvgIpc) is 3.50. The van der Waals surface area contributed by atoms with Gasteiger partial charge in [0.2, 0.25) is 5.91 Å². The number of hydrogen-bond donors (Lipinski definition) is 2. The maximum atomic E-state index is 12.7. The van der Waals surface area contributed by atoms with Crippen LogP contribution >= 0.6 is 12.2 Å². The molecule has 0 spiro atoms. The number of amides is 1. The number of aryl methyl sites for hydroxylation is 1. The topological polar surface area (TPSA) is 62.2 Å². The molecule has 176 valence electrons. The molecule has 3 heterocycles. The molecule has 6 nitrogen and oxygen atoms in total. The third-order valence-electron chi connectivity index (χ3n) is 6.22. The highest BCUT2D eigenvalue weighted by Crippen LogP contribution is 2.39. The van der Waals surface area contributed by atoms with Gasteiger partial charge in [-0.1, -0.05) is 42.0 Å². The van der Waals surface area contributed by atoms with Gasteiger partial charge in [0.05, 0.1) is 17.8 Å². The van der Waals surface area contributed by atoms with E-state index in [1.54, 1.807) is 6.20 Å². The molecule has 7 heteroatoms. The molecule has 0 bridgehead atoms. The van der Waals surface area contributed by atoms with E-state index in [-0.39, 0.29) is 18.0 Å². The van der Waals surface area contributed by atoms with Crippen LogP contribution in [0.25, 0.3) is 5.69 Å². The molecule has 35 heavy (non-hydrogen) atoms. The van der Waals surface area contributed by atoms with Crippen LogP contribution < -0.4 is 10.6 Å². The number of benzene rings is 2. The van der Waals surface area contributed by atoms with Gasteiger partial charge in [-0.15, -0.1) is 0 Å². The van der Waals surface area contributed by atoms with Crippen LogP contribution in [0.5, 0.6) is 0 Å². The van der Waals surface area contributed by atoms with Crippen LogP contribution in [-0.4, -0.2) is 32.0 Å². The summed E-state index contributed by atoms with van der Waals surface area (Å²) in [6.07, 6.45) is 6.30. The minimum atomic E-state index is -0.115. The number of hydrogen-bond acceptors (Lipinski definition) is 3. The first-order valence-corrected chi connectivity index (χ1v) is 12.1. The maximum Gasteiger partial charge on any atom is 0.226 e. The molecule has 1 saturated heterocycles. The highest BCUT2D eigenvalue weighted by molar-refractivity contribution is 7.80. The fourth-order valence-electron chi connectivity index (χ4n) is 4.44. The molecule has 0 aliphatic carbocycles. The molecule has 2 aromatic heterocycles. The van der Waals surface area contributed by atoms with Crippen molar-refractivity contribution in [2.45, 2.75) is 25.4 Å². The third-order valence-corrected chi connectivity index (χ3v) is 6.58. The van der Waals surface area contributed by atoms with E-state index in [1.807, 2.05) is 67.6 Å². The molecular weight excluding hydrogens is 454 g/mol. The van der Waals surface area contributed by atoms with Crippen molar-refractivity contribution in [1.82, 2.24) is 19.8 Å². The lowest BCUT2D eigenvalue weighted by molar-refractivity contribution is -0.116. The number of para-hydroxylation sites is 1. The van der Waals surface area contributed by atoms with Crippen molar-refractivity contribution in [2.75, 3.05) is 11.9 Å². The van der Waals surface area contributed by atoms with Crippen molar-refractivity contribution < 1.29 is 4.79 Å². The number of pyridine rings is 1. The summed E-state index contributed by atoms with van der Waals surface area (Å²) in [6, 6.07) is 25.8. The highest BCUT2D eigenvalue weighted by Gasteiger charge is 2.40. The number of aromatic nitrogens is 2. The van der Waals surface area contributed by atoms with E-state index in [0.29, 0.717) is 18.1 Å². The summed E-state index contributed by atoms with van der Waals surface area (Å²) in [5.74, 6) is -0.0430. The molecule has 0 unspecified atom stereocenters. The molecule has 0 saturated carbocycles.